The maximum absolute atomic E-state index is 10.9. The molecule has 3 rings (SSSR count). The smallest absolute Gasteiger partial charge is 0.270 e. The molecule has 1 aromatic rings. The van der Waals surface area contributed by atoms with Gasteiger partial charge in [0.15, 0.2) is 0 Å². The molecule has 1 saturated carbocycles. The lowest BCUT2D eigenvalue weighted by atomic mass is 9.93. The van der Waals surface area contributed by atoms with Crippen LogP contribution in [0.15, 0.2) is 18.2 Å². The molecule has 1 N–H and O–H groups in total. The fourth-order valence-electron chi connectivity index (χ4n) is 3.67. The molecule has 0 unspecified atom stereocenters. The minimum absolute atomic E-state index is 0.00481. The second-order valence-electron chi connectivity index (χ2n) is 6.07. The highest BCUT2D eigenvalue weighted by Crippen LogP contribution is 2.36. The number of nitro benzene ring substituents is 1. The molecule has 0 bridgehead atoms. The van der Waals surface area contributed by atoms with E-state index in [-0.39, 0.29) is 23.8 Å². The largest absolute Gasteiger partial charge is 0.393 e. The average molecular weight is 317 g/mol. The van der Waals surface area contributed by atoms with E-state index in [1.807, 2.05) is 0 Å². The molecule has 1 aliphatic heterocycles. The summed E-state index contributed by atoms with van der Waals surface area (Å²) in [7, 11) is 0. The Morgan fingerprint density at radius 1 is 1.43 bits per heavy atom. The van der Waals surface area contributed by atoms with Crippen LogP contribution in [-0.4, -0.2) is 41.9 Å². The number of anilines is 1. The normalized spacial score (nSPS) is 27.7. The Kier molecular flexibility index (Phi) is 4.46. The monoisotopic (exact) mass is 317 g/mol. The fraction of sp³-hybridized carbons (Fsp3) is 0.562. The van der Waals surface area contributed by atoms with Gasteiger partial charge in [0, 0.05) is 24.6 Å². The molecule has 1 saturated heterocycles. The van der Waals surface area contributed by atoms with Crippen LogP contribution in [0.1, 0.15) is 24.8 Å². The molecule has 1 heterocycles. The molecule has 7 heteroatoms. The topological polar surface area (TPSA) is 99.6 Å². The van der Waals surface area contributed by atoms with E-state index in [2.05, 4.69) is 11.0 Å². The van der Waals surface area contributed by atoms with Gasteiger partial charge in [0.2, 0.25) is 0 Å². The molecule has 7 nitrogen and oxygen atoms in total. The third kappa shape index (κ3) is 3.00. The van der Waals surface area contributed by atoms with Crippen LogP contribution in [-0.2, 0) is 4.74 Å². The lowest BCUT2D eigenvalue weighted by molar-refractivity contribution is -0.384. The summed E-state index contributed by atoms with van der Waals surface area (Å²) in [6.07, 6.45) is 2.36. The molecule has 0 aromatic heterocycles. The first-order valence-electron chi connectivity index (χ1n) is 7.83. The van der Waals surface area contributed by atoms with Crippen LogP contribution in [0.2, 0.25) is 0 Å². The van der Waals surface area contributed by atoms with E-state index in [1.54, 1.807) is 6.07 Å². The maximum atomic E-state index is 10.9. The average Bonchev–Trinajstić information content (AvgIpc) is 3.00. The quantitative estimate of drug-likeness (QED) is 0.674. The standard InChI is InChI=1S/C16H19N3O4/c17-9-11-8-12(19(21)22)4-5-14(11)18-6-7-23-10-15(18)13-2-1-3-16(13)20/h4-5,8,13,15-16,20H,1-3,6-7,10H2/t13-,15-,16+/m1/s1. The van der Waals surface area contributed by atoms with Gasteiger partial charge >= 0.3 is 0 Å². The van der Waals surface area contributed by atoms with Gasteiger partial charge in [-0.1, -0.05) is 6.42 Å². The lowest BCUT2D eigenvalue weighted by Gasteiger charge is -2.41. The van der Waals surface area contributed by atoms with Crippen LogP contribution in [0.3, 0.4) is 0 Å². The molecular formula is C16H19N3O4. The summed E-state index contributed by atoms with van der Waals surface area (Å²) < 4.78 is 5.59. The summed E-state index contributed by atoms with van der Waals surface area (Å²) in [5, 5.41) is 30.5. The molecule has 0 spiro atoms. The zero-order valence-electron chi connectivity index (χ0n) is 12.7. The van der Waals surface area contributed by atoms with Crippen molar-refractivity contribution in [2.45, 2.75) is 31.4 Å². The summed E-state index contributed by atoms with van der Waals surface area (Å²) in [5.74, 6) is 0.108. The van der Waals surface area contributed by atoms with E-state index in [0.29, 0.717) is 31.0 Å². The Morgan fingerprint density at radius 3 is 2.91 bits per heavy atom. The Labute approximate surface area is 134 Å². The van der Waals surface area contributed by atoms with Gasteiger partial charge in [0.25, 0.3) is 5.69 Å². The fourth-order valence-corrected chi connectivity index (χ4v) is 3.67. The van der Waals surface area contributed by atoms with E-state index in [9.17, 15) is 20.5 Å². The van der Waals surface area contributed by atoms with Crippen molar-refractivity contribution >= 4 is 11.4 Å². The molecule has 1 aliphatic carbocycles. The predicted molar refractivity (Wildman–Crippen MR) is 83.1 cm³/mol. The first-order valence-corrected chi connectivity index (χ1v) is 7.83. The molecule has 23 heavy (non-hydrogen) atoms. The number of aliphatic hydroxyl groups excluding tert-OH is 1. The van der Waals surface area contributed by atoms with Crippen molar-refractivity contribution < 1.29 is 14.8 Å². The number of ether oxygens (including phenoxy) is 1. The third-order valence-electron chi connectivity index (χ3n) is 4.81. The van der Waals surface area contributed by atoms with Crippen molar-refractivity contribution in [1.29, 1.82) is 5.26 Å². The van der Waals surface area contributed by atoms with Crippen molar-refractivity contribution in [2.75, 3.05) is 24.7 Å². The summed E-state index contributed by atoms with van der Waals surface area (Å²) in [6, 6.07) is 6.43. The Bertz CT molecular complexity index is 643. The van der Waals surface area contributed by atoms with Crippen molar-refractivity contribution in [3.05, 3.63) is 33.9 Å². The molecule has 2 fully saturated rings. The van der Waals surface area contributed by atoms with E-state index >= 15 is 0 Å². The Hall–Kier alpha value is -2.17. The first kappa shape index (κ1) is 15.7. The van der Waals surface area contributed by atoms with Crippen molar-refractivity contribution in [3.8, 4) is 6.07 Å². The van der Waals surface area contributed by atoms with Crippen LogP contribution < -0.4 is 4.90 Å². The third-order valence-corrected chi connectivity index (χ3v) is 4.81. The molecule has 0 radical (unpaired) electrons. The number of rotatable bonds is 3. The minimum atomic E-state index is -0.498. The number of aliphatic hydroxyl groups is 1. The molecule has 3 atom stereocenters. The maximum Gasteiger partial charge on any atom is 0.270 e. The van der Waals surface area contributed by atoms with Crippen LogP contribution in [0.25, 0.3) is 0 Å². The Morgan fingerprint density at radius 2 is 2.26 bits per heavy atom. The van der Waals surface area contributed by atoms with Gasteiger partial charge < -0.3 is 14.7 Å². The van der Waals surface area contributed by atoms with Gasteiger partial charge in [-0.05, 0) is 18.9 Å². The predicted octanol–water partition coefficient (Wildman–Crippen LogP) is 1.83. The van der Waals surface area contributed by atoms with Crippen LogP contribution in [0.4, 0.5) is 11.4 Å². The highest BCUT2D eigenvalue weighted by Gasteiger charge is 2.38. The van der Waals surface area contributed by atoms with Crippen LogP contribution >= 0.6 is 0 Å². The van der Waals surface area contributed by atoms with Crippen molar-refractivity contribution in [1.82, 2.24) is 0 Å². The molecular weight excluding hydrogens is 298 g/mol. The summed E-state index contributed by atoms with van der Waals surface area (Å²) in [6.45, 7) is 1.66. The molecule has 122 valence electrons. The summed E-state index contributed by atoms with van der Waals surface area (Å²) >= 11 is 0. The SMILES string of the molecule is N#Cc1cc([N+](=O)[O-])ccc1N1CCOC[C@@H]1[C@H]1CCC[C@@H]1O. The number of non-ortho nitro benzene ring substituents is 1. The van der Waals surface area contributed by atoms with Gasteiger partial charge in [-0.15, -0.1) is 0 Å². The second kappa shape index (κ2) is 6.52. The van der Waals surface area contributed by atoms with Crippen LogP contribution in [0.5, 0.6) is 0 Å². The van der Waals surface area contributed by atoms with Crippen molar-refractivity contribution in [3.63, 3.8) is 0 Å². The lowest BCUT2D eigenvalue weighted by Crippen LogP contribution is -2.51. The number of nitriles is 1. The molecule has 0 amide bonds. The zero-order valence-corrected chi connectivity index (χ0v) is 12.7. The number of hydrogen-bond acceptors (Lipinski definition) is 6. The molecule has 1 aromatic carbocycles. The van der Waals surface area contributed by atoms with Gasteiger partial charge in [-0.3, -0.25) is 10.1 Å². The highest BCUT2D eigenvalue weighted by molar-refractivity contribution is 5.63. The van der Waals surface area contributed by atoms with Gasteiger partial charge in [-0.25, -0.2) is 0 Å². The van der Waals surface area contributed by atoms with Gasteiger partial charge in [-0.2, -0.15) is 5.26 Å². The highest BCUT2D eigenvalue weighted by atomic mass is 16.6. The summed E-state index contributed by atoms with van der Waals surface area (Å²) in [5.41, 5.74) is 0.889. The van der Waals surface area contributed by atoms with E-state index in [1.165, 1.54) is 12.1 Å². The Balaban J connectivity index is 1.94. The van der Waals surface area contributed by atoms with E-state index < -0.39 is 4.92 Å². The number of nitrogens with zero attached hydrogens (tertiary/aromatic N) is 3. The van der Waals surface area contributed by atoms with E-state index in [4.69, 9.17) is 4.74 Å². The number of morpholine rings is 1. The first-order chi connectivity index (χ1) is 11.1. The van der Waals surface area contributed by atoms with Gasteiger partial charge in [0.1, 0.15) is 6.07 Å². The number of benzene rings is 1. The minimum Gasteiger partial charge on any atom is -0.393 e. The molecule has 2 aliphatic rings. The summed E-state index contributed by atoms with van der Waals surface area (Å²) in [4.78, 5) is 12.5. The van der Waals surface area contributed by atoms with Crippen LogP contribution in [0, 0.1) is 27.4 Å². The number of nitro groups is 1. The number of hydrogen-bond donors (Lipinski definition) is 1. The van der Waals surface area contributed by atoms with E-state index in [0.717, 1.165) is 19.3 Å². The second-order valence-corrected chi connectivity index (χ2v) is 6.07. The van der Waals surface area contributed by atoms with Crippen molar-refractivity contribution in [2.24, 2.45) is 5.92 Å². The zero-order chi connectivity index (χ0) is 16.4. The van der Waals surface area contributed by atoms with Gasteiger partial charge in [0.05, 0.1) is 41.5 Å².